The highest BCUT2D eigenvalue weighted by atomic mass is 79.9. The summed E-state index contributed by atoms with van der Waals surface area (Å²) < 4.78 is 2.33. The molecular weight excluding hydrogens is 756 g/mol. The number of carbonyl (C=O) groups excluding carboxylic acids is 3. The van der Waals surface area contributed by atoms with Gasteiger partial charge in [-0.1, -0.05) is 38.3 Å². The van der Waals surface area contributed by atoms with Gasteiger partial charge in [0.25, 0.3) is 0 Å². The maximum atomic E-state index is 14.9. The van der Waals surface area contributed by atoms with E-state index in [1.54, 1.807) is 17.1 Å². The van der Waals surface area contributed by atoms with Crippen LogP contribution in [0.5, 0.6) is 0 Å². The topological polar surface area (TPSA) is 136 Å². The number of anilines is 1. The first-order valence-corrected chi connectivity index (χ1v) is 20.3. The van der Waals surface area contributed by atoms with Gasteiger partial charge in [0, 0.05) is 47.7 Å². The van der Waals surface area contributed by atoms with E-state index in [-0.39, 0.29) is 41.5 Å². The van der Waals surface area contributed by atoms with E-state index < -0.39 is 6.04 Å². The number of amides is 2. The molecule has 4 bridgehead atoms. The molecule has 2 fully saturated rings. The summed E-state index contributed by atoms with van der Waals surface area (Å²) in [4.78, 5) is 62.6. The molecule has 12 heteroatoms. The third-order valence-corrected chi connectivity index (χ3v) is 12.7. The van der Waals surface area contributed by atoms with E-state index >= 15 is 0 Å². The zero-order valence-electron chi connectivity index (χ0n) is 31.9. The summed E-state index contributed by atoms with van der Waals surface area (Å²) in [6.45, 7) is 7.38. The standard InChI is InChI=1S/C43H47BrN8O3/c1-25-15-16-36(44)48-41(25)49-42(55)35-21-43-18-17-33-14-10-13-32(47-33)12-9-7-5-6-8-11-29-19-30(31-22-45-28(4)46-23-31)20-34-38(27(3)53)50-51(39(29)34)24-37(54)52(35)40(43)26(43)2/h10,13-16,19-20,22-23,26,35,40H,5-9,11-12,17-18,21,24H2,1-4H3,(H,48,49,55)/t26-,35-,40?,43-/m0/s1. The summed E-state index contributed by atoms with van der Waals surface area (Å²) in [5.41, 5.74) is 6.69. The van der Waals surface area contributed by atoms with Crippen LogP contribution in [0, 0.1) is 25.2 Å². The van der Waals surface area contributed by atoms with Gasteiger partial charge in [0.15, 0.2) is 5.78 Å². The summed E-state index contributed by atoms with van der Waals surface area (Å²) in [6, 6.07) is 13.4. The summed E-state index contributed by atoms with van der Waals surface area (Å²) >= 11 is 3.44. The number of nitrogens with zero attached hydrogens (tertiary/aromatic N) is 7. The molecule has 0 radical (unpaired) electrons. The van der Waals surface area contributed by atoms with Crippen molar-refractivity contribution in [2.75, 3.05) is 5.32 Å². The Morgan fingerprint density at radius 3 is 2.40 bits per heavy atom. The number of benzene rings is 1. The number of hydrogen-bond donors (Lipinski definition) is 1. The van der Waals surface area contributed by atoms with Gasteiger partial charge in [0.05, 0.1) is 5.52 Å². The van der Waals surface area contributed by atoms with E-state index in [0.717, 1.165) is 96.9 Å². The minimum atomic E-state index is -0.691. The van der Waals surface area contributed by atoms with Gasteiger partial charge in [-0.05, 0) is 133 Å². The van der Waals surface area contributed by atoms with Crippen molar-refractivity contribution < 1.29 is 14.4 Å². The zero-order chi connectivity index (χ0) is 38.4. The van der Waals surface area contributed by atoms with Crippen molar-refractivity contribution in [3.8, 4) is 11.1 Å². The first-order chi connectivity index (χ1) is 26.5. The Hall–Kier alpha value is -4.84. The number of rotatable bonds is 4. The van der Waals surface area contributed by atoms with Crippen LogP contribution in [0.2, 0.25) is 0 Å². The maximum absolute atomic E-state index is 14.9. The van der Waals surface area contributed by atoms with Crippen LogP contribution in [0.1, 0.15) is 97.6 Å². The normalized spacial score (nSPS) is 23.0. The van der Waals surface area contributed by atoms with Crippen LogP contribution in [0.15, 0.2) is 59.5 Å². The van der Waals surface area contributed by atoms with E-state index in [2.05, 4.69) is 67.4 Å². The molecule has 55 heavy (non-hydrogen) atoms. The van der Waals surface area contributed by atoms with Crippen LogP contribution >= 0.6 is 15.9 Å². The second-order valence-electron chi connectivity index (χ2n) is 15.8. The number of aromatic nitrogens is 6. The van der Waals surface area contributed by atoms with Crippen molar-refractivity contribution in [1.29, 1.82) is 0 Å². The SMILES string of the molecule is CC(=O)c1nn2c3c(cc(-c4cnc(C)nc4)cc13)CCCCCCCc1cccc(n1)CC[C@@]13C[C@@H](C(=O)Nc4nc(Br)ccc4C)N(C(=O)C2)C1[C@@H]3C. The molecule has 1 saturated carbocycles. The van der Waals surface area contributed by atoms with Crippen molar-refractivity contribution in [3.63, 3.8) is 0 Å². The average molecular weight is 804 g/mol. The Morgan fingerprint density at radius 2 is 1.64 bits per heavy atom. The lowest BCUT2D eigenvalue weighted by Gasteiger charge is -2.28. The van der Waals surface area contributed by atoms with Crippen molar-refractivity contribution in [2.45, 2.75) is 111 Å². The van der Waals surface area contributed by atoms with Crippen molar-refractivity contribution in [1.82, 2.24) is 34.6 Å². The molecule has 1 aliphatic carbocycles. The first-order valence-electron chi connectivity index (χ1n) is 19.6. The van der Waals surface area contributed by atoms with Gasteiger partial charge in [0.1, 0.15) is 34.5 Å². The maximum Gasteiger partial charge on any atom is 0.248 e. The minimum Gasteiger partial charge on any atom is -0.325 e. The molecule has 1 unspecified atom stereocenters. The second kappa shape index (κ2) is 15.0. The van der Waals surface area contributed by atoms with Crippen LogP contribution in [-0.4, -0.2) is 64.3 Å². The van der Waals surface area contributed by atoms with E-state index in [1.165, 1.54) is 6.92 Å². The third-order valence-electron chi connectivity index (χ3n) is 12.2. The number of fused-ring (bicyclic) bond motifs is 2. The van der Waals surface area contributed by atoms with Gasteiger partial charge in [-0.2, -0.15) is 5.10 Å². The van der Waals surface area contributed by atoms with Crippen molar-refractivity contribution >= 4 is 50.2 Å². The fraction of sp³-hybridized carbons (Fsp3) is 0.442. The highest BCUT2D eigenvalue weighted by Gasteiger charge is 2.72. The largest absolute Gasteiger partial charge is 0.325 e. The molecule has 2 amide bonds. The number of hydrogen-bond acceptors (Lipinski definition) is 8. The van der Waals surface area contributed by atoms with Crippen molar-refractivity contribution in [3.05, 3.63) is 93.5 Å². The molecule has 6 heterocycles. The molecule has 1 saturated heterocycles. The number of halogens is 1. The Bertz CT molecular complexity index is 2310. The zero-order valence-corrected chi connectivity index (χ0v) is 33.5. The Balaban J connectivity index is 1.20. The molecule has 4 aromatic heterocycles. The van der Waals surface area contributed by atoms with E-state index in [0.29, 0.717) is 33.7 Å². The second-order valence-corrected chi connectivity index (χ2v) is 16.6. The Kier molecular flexibility index (Phi) is 10.1. The number of piperidine rings is 1. The van der Waals surface area contributed by atoms with Gasteiger partial charge in [-0.25, -0.2) is 15.0 Å². The summed E-state index contributed by atoms with van der Waals surface area (Å²) in [6.07, 6.45) is 12.8. The lowest BCUT2D eigenvalue weighted by atomic mass is 9.90. The fourth-order valence-corrected chi connectivity index (χ4v) is 9.52. The van der Waals surface area contributed by atoms with Crippen LogP contribution in [0.25, 0.3) is 22.0 Å². The lowest BCUT2D eigenvalue weighted by Crippen LogP contribution is -2.47. The molecule has 0 spiro atoms. The smallest absolute Gasteiger partial charge is 0.248 e. The molecule has 3 aliphatic rings. The highest BCUT2D eigenvalue weighted by Crippen LogP contribution is 2.66. The minimum absolute atomic E-state index is 0.0926. The first kappa shape index (κ1) is 37.1. The average Bonchev–Trinajstić information content (AvgIpc) is 3.42. The van der Waals surface area contributed by atoms with Crippen LogP contribution < -0.4 is 5.32 Å². The fourth-order valence-electron chi connectivity index (χ4n) is 9.21. The van der Waals surface area contributed by atoms with E-state index in [4.69, 9.17) is 10.1 Å². The summed E-state index contributed by atoms with van der Waals surface area (Å²) in [5.74, 6) is 0.747. The van der Waals surface area contributed by atoms with Crippen molar-refractivity contribution in [2.24, 2.45) is 11.3 Å². The van der Waals surface area contributed by atoms with Crippen LogP contribution in [0.3, 0.4) is 0 Å². The van der Waals surface area contributed by atoms with Gasteiger partial charge in [-0.3, -0.25) is 24.0 Å². The monoisotopic (exact) mass is 802 g/mol. The highest BCUT2D eigenvalue weighted by molar-refractivity contribution is 9.10. The number of aryl methyl sites for hydroxylation is 5. The van der Waals surface area contributed by atoms with E-state index in [9.17, 15) is 14.4 Å². The number of carbonyl (C=O) groups is 3. The number of nitrogens with one attached hydrogen (secondary N) is 1. The molecule has 1 N–H and O–H groups in total. The summed E-state index contributed by atoms with van der Waals surface area (Å²) in [7, 11) is 0. The van der Waals surface area contributed by atoms with Crippen LogP contribution in [0.4, 0.5) is 5.82 Å². The predicted octanol–water partition coefficient (Wildman–Crippen LogP) is 7.79. The number of ketones is 1. The molecule has 2 aliphatic heterocycles. The third kappa shape index (κ3) is 7.21. The number of Topliss-reactive ketones (excluding diaryl/α,β-unsaturated/α-hetero) is 1. The molecule has 11 nitrogen and oxygen atoms in total. The summed E-state index contributed by atoms with van der Waals surface area (Å²) in [5, 5.41) is 8.62. The molecule has 284 valence electrons. The molecule has 4 atom stereocenters. The Labute approximate surface area is 329 Å². The quantitative estimate of drug-likeness (QED) is 0.144. The van der Waals surface area contributed by atoms with Gasteiger partial charge in [0.2, 0.25) is 11.8 Å². The Morgan fingerprint density at radius 1 is 0.909 bits per heavy atom. The molecular formula is C43H47BrN8O3. The van der Waals surface area contributed by atoms with Gasteiger partial charge >= 0.3 is 0 Å². The van der Waals surface area contributed by atoms with Gasteiger partial charge in [-0.15, -0.1) is 0 Å². The van der Waals surface area contributed by atoms with Gasteiger partial charge < -0.3 is 10.2 Å². The predicted molar refractivity (Wildman–Crippen MR) is 214 cm³/mol. The number of pyridine rings is 2. The van der Waals surface area contributed by atoms with Crippen LogP contribution in [-0.2, 0) is 35.4 Å². The lowest BCUT2D eigenvalue weighted by molar-refractivity contribution is -0.138. The molecule has 1 aromatic carbocycles. The van der Waals surface area contributed by atoms with E-state index in [1.807, 2.05) is 36.9 Å². The molecule has 8 rings (SSSR count). The molecule has 5 aromatic rings.